The van der Waals surface area contributed by atoms with Crippen molar-refractivity contribution in [2.45, 2.75) is 58.0 Å². The number of allylic oxidation sites excluding steroid dienone is 2. The average molecular weight is 244 g/mol. The predicted molar refractivity (Wildman–Crippen MR) is 73.1 cm³/mol. The number of hydrogen-bond donors (Lipinski definition) is 1. The molecule has 1 N–H and O–H groups in total. The van der Waals surface area contributed by atoms with Crippen LogP contribution >= 0.6 is 0 Å². The fourth-order valence-electron chi connectivity index (χ4n) is 5.12. The molecule has 5 aliphatic rings. The third-order valence-electron chi connectivity index (χ3n) is 6.48. The topological polar surface area (TPSA) is 20.2 Å². The van der Waals surface area contributed by atoms with Gasteiger partial charge in [-0.05, 0) is 61.3 Å². The van der Waals surface area contributed by atoms with E-state index < -0.39 is 5.60 Å². The van der Waals surface area contributed by atoms with Gasteiger partial charge in [-0.25, -0.2) is 0 Å². The normalized spacial score (nSPS) is 57.2. The maximum absolute atomic E-state index is 11.5. The largest absolute Gasteiger partial charge is 0.385 e. The lowest BCUT2D eigenvalue weighted by molar-refractivity contribution is -0.0972. The zero-order valence-electron chi connectivity index (χ0n) is 11.6. The van der Waals surface area contributed by atoms with Crippen LogP contribution in [0, 0.1) is 22.7 Å². The Kier molecular flexibility index (Phi) is 1.96. The van der Waals surface area contributed by atoms with Gasteiger partial charge in [-0.15, -0.1) is 0 Å². The molecule has 98 valence electrons. The molecule has 0 amide bonds. The first-order valence-electron chi connectivity index (χ1n) is 7.59. The van der Waals surface area contributed by atoms with E-state index >= 15 is 0 Å². The molecule has 2 saturated carbocycles. The minimum absolute atomic E-state index is 0.0128. The van der Waals surface area contributed by atoms with Crippen LogP contribution in [0.1, 0.15) is 52.4 Å². The van der Waals surface area contributed by atoms with Gasteiger partial charge in [0.25, 0.3) is 0 Å². The molecule has 18 heavy (non-hydrogen) atoms. The summed E-state index contributed by atoms with van der Waals surface area (Å²) in [5.41, 5.74) is 1.08. The minimum atomic E-state index is -0.547. The highest BCUT2D eigenvalue weighted by atomic mass is 16.3. The molecule has 5 aliphatic carbocycles. The van der Waals surface area contributed by atoms with E-state index in [-0.39, 0.29) is 10.8 Å². The molecule has 0 aromatic rings. The Balaban J connectivity index is 1.80. The van der Waals surface area contributed by atoms with Crippen LogP contribution in [0.3, 0.4) is 0 Å². The Morgan fingerprint density at radius 3 is 2.56 bits per heavy atom. The first kappa shape index (κ1) is 11.3. The van der Waals surface area contributed by atoms with Crippen molar-refractivity contribution in [2.75, 3.05) is 0 Å². The first-order chi connectivity index (χ1) is 8.44. The number of aliphatic hydroxyl groups is 1. The van der Waals surface area contributed by atoms with Crippen molar-refractivity contribution in [1.29, 1.82) is 0 Å². The quantitative estimate of drug-likeness (QED) is 0.695. The van der Waals surface area contributed by atoms with E-state index in [0.717, 1.165) is 18.8 Å². The van der Waals surface area contributed by atoms with Crippen LogP contribution in [-0.4, -0.2) is 10.7 Å². The van der Waals surface area contributed by atoms with Crippen molar-refractivity contribution in [1.82, 2.24) is 0 Å². The van der Waals surface area contributed by atoms with Crippen LogP contribution < -0.4 is 0 Å². The van der Waals surface area contributed by atoms with Crippen molar-refractivity contribution in [3.05, 3.63) is 23.8 Å². The maximum atomic E-state index is 11.5. The zero-order chi connectivity index (χ0) is 12.6. The third-order valence-corrected chi connectivity index (χ3v) is 6.48. The van der Waals surface area contributed by atoms with Gasteiger partial charge in [-0.1, -0.05) is 32.1 Å². The molecule has 1 nitrogen and oxygen atoms in total. The fraction of sp³-hybridized carbons (Fsp3) is 0.765. The molecule has 5 atom stereocenters. The van der Waals surface area contributed by atoms with E-state index in [1.807, 2.05) is 0 Å². The fourth-order valence-corrected chi connectivity index (χ4v) is 5.12. The minimum Gasteiger partial charge on any atom is -0.385 e. The van der Waals surface area contributed by atoms with Gasteiger partial charge in [0, 0.05) is 5.41 Å². The molecule has 0 aromatic heterocycles. The lowest BCUT2D eigenvalue weighted by atomic mass is 9.49. The Bertz CT molecular complexity index is 462. The number of fused-ring (bicyclic) bond motifs is 4. The summed E-state index contributed by atoms with van der Waals surface area (Å²) in [7, 11) is 0. The van der Waals surface area contributed by atoms with Gasteiger partial charge in [0.05, 0.1) is 5.60 Å². The van der Waals surface area contributed by atoms with Crippen molar-refractivity contribution < 1.29 is 5.11 Å². The Labute approximate surface area is 110 Å². The monoisotopic (exact) mass is 244 g/mol. The smallest absolute Gasteiger partial charge is 0.0955 e. The Morgan fingerprint density at radius 2 is 2.00 bits per heavy atom. The molecule has 0 aliphatic heterocycles. The van der Waals surface area contributed by atoms with Gasteiger partial charge in [-0.2, -0.15) is 0 Å². The van der Waals surface area contributed by atoms with E-state index in [1.165, 1.54) is 31.3 Å². The van der Waals surface area contributed by atoms with Crippen LogP contribution in [-0.2, 0) is 0 Å². The lowest BCUT2D eigenvalue weighted by Gasteiger charge is -2.58. The van der Waals surface area contributed by atoms with Crippen LogP contribution in [0.5, 0.6) is 0 Å². The second kappa shape index (κ2) is 3.12. The number of hydrogen-bond acceptors (Lipinski definition) is 1. The summed E-state index contributed by atoms with van der Waals surface area (Å²) < 4.78 is 0. The first-order valence-corrected chi connectivity index (χ1v) is 7.59. The maximum Gasteiger partial charge on any atom is 0.0955 e. The zero-order valence-corrected chi connectivity index (χ0v) is 11.6. The summed E-state index contributed by atoms with van der Waals surface area (Å²) in [6, 6.07) is 0. The number of rotatable bonds is 1. The molecule has 2 fully saturated rings. The highest BCUT2D eigenvalue weighted by Gasteiger charge is 2.59. The molecular weight excluding hydrogens is 220 g/mol. The molecule has 0 spiro atoms. The SMILES string of the molecule is C[C@]12C=C[C@](C)(CC1)[C@@](O)(C1=C[C@@H]3CC[C@H]1C3)C2. The van der Waals surface area contributed by atoms with Crippen LogP contribution in [0.2, 0.25) is 0 Å². The van der Waals surface area contributed by atoms with E-state index in [9.17, 15) is 5.11 Å². The lowest BCUT2D eigenvalue weighted by Crippen LogP contribution is -2.57. The van der Waals surface area contributed by atoms with Gasteiger partial charge in [-0.3, -0.25) is 0 Å². The molecule has 1 heteroatoms. The van der Waals surface area contributed by atoms with Crippen molar-refractivity contribution in [2.24, 2.45) is 22.7 Å². The molecule has 5 rings (SSSR count). The summed E-state index contributed by atoms with van der Waals surface area (Å²) in [6.45, 7) is 4.59. The Hall–Kier alpha value is -0.560. The van der Waals surface area contributed by atoms with Gasteiger partial charge < -0.3 is 5.11 Å². The predicted octanol–water partition coefficient (Wildman–Crippen LogP) is 3.84. The van der Waals surface area contributed by atoms with E-state index in [0.29, 0.717) is 5.92 Å². The van der Waals surface area contributed by atoms with Crippen LogP contribution in [0.15, 0.2) is 23.8 Å². The molecule has 0 heterocycles. The third kappa shape index (κ3) is 1.22. The van der Waals surface area contributed by atoms with E-state index in [4.69, 9.17) is 0 Å². The van der Waals surface area contributed by atoms with Crippen molar-refractivity contribution >= 4 is 0 Å². The summed E-state index contributed by atoms with van der Waals surface area (Å²) in [4.78, 5) is 0. The van der Waals surface area contributed by atoms with Crippen LogP contribution in [0.4, 0.5) is 0 Å². The summed E-state index contributed by atoms with van der Waals surface area (Å²) in [6.07, 6.45) is 14.5. The summed E-state index contributed by atoms with van der Waals surface area (Å²) >= 11 is 0. The van der Waals surface area contributed by atoms with Gasteiger partial charge >= 0.3 is 0 Å². The van der Waals surface area contributed by atoms with E-state index in [2.05, 4.69) is 32.1 Å². The molecule has 0 aromatic carbocycles. The van der Waals surface area contributed by atoms with Gasteiger partial charge in [0.1, 0.15) is 0 Å². The summed E-state index contributed by atoms with van der Waals surface area (Å²) in [5, 5.41) is 11.5. The molecular formula is C17H24O. The van der Waals surface area contributed by atoms with Crippen molar-refractivity contribution in [3.63, 3.8) is 0 Å². The van der Waals surface area contributed by atoms with E-state index in [1.54, 1.807) is 0 Å². The standard InChI is InChI=1S/C17H24O/c1-15-5-7-16(2,8-6-15)17(18,11-15)14-10-12-3-4-13(14)9-12/h5,7,10,12-13,18H,3-4,6,8-9,11H2,1-2H3/t12-,13+,15+,16-,17+/m1/s1. The summed E-state index contributed by atoms with van der Waals surface area (Å²) in [5.74, 6) is 1.46. The van der Waals surface area contributed by atoms with Gasteiger partial charge in [0.15, 0.2) is 0 Å². The highest BCUT2D eigenvalue weighted by Crippen LogP contribution is 2.63. The molecule has 4 bridgehead atoms. The van der Waals surface area contributed by atoms with Gasteiger partial charge in [0.2, 0.25) is 0 Å². The second-order valence-corrected chi connectivity index (χ2v) is 7.83. The van der Waals surface area contributed by atoms with Crippen molar-refractivity contribution in [3.8, 4) is 0 Å². The average Bonchev–Trinajstić information content (AvgIpc) is 2.94. The highest BCUT2D eigenvalue weighted by molar-refractivity contribution is 5.38. The molecule has 0 unspecified atom stereocenters. The van der Waals surface area contributed by atoms with Crippen LogP contribution in [0.25, 0.3) is 0 Å². The molecule has 0 radical (unpaired) electrons. The second-order valence-electron chi connectivity index (χ2n) is 7.83. The Morgan fingerprint density at radius 1 is 1.17 bits per heavy atom. The molecule has 0 saturated heterocycles.